The number of aliphatic carboxylic acids is 1. The van der Waals surface area contributed by atoms with Crippen LogP contribution in [0.25, 0.3) is 0 Å². The van der Waals surface area contributed by atoms with Gasteiger partial charge in [-0.1, -0.05) is 136 Å². The van der Waals surface area contributed by atoms with Crippen LogP contribution < -0.4 is 0 Å². The highest BCUT2D eigenvalue weighted by atomic mass is 16.5. The van der Waals surface area contributed by atoms with Gasteiger partial charge in [0.25, 0.3) is 0 Å². The summed E-state index contributed by atoms with van der Waals surface area (Å²) >= 11 is 0. The molecule has 1 atom stereocenters. The molecule has 0 aromatic carbocycles. The average molecular weight is 469 g/mol. The number of rotatable bonds is 26. The van der Waals surface area contributed by atoms with Gasteiger partial charge >= 0.3 is 11.9 Å². The zero-order valence-electron chi connectivity index (χ0n) is 22.2. The number of carbonyl (C=O) groups excluding carboxylic acids is 1. The van der Waals surface area contributed by atoms with E-state index in [4.69, 9.17) is 9.84 Å². The summed E-state index contributed by atoms with van der Waals surface area (Å²) in [6.07, 6.45) is 26.8. The minimum absolute atomic E-state index is 0.0679. The van der Waals surface area contributed by atoms with Crippen LogP contribution in [-0.2, 0) is 14.3 Å². The number of unbranched alkanes of at least 4 members (excludes halogenated alkanes) is 19. The van der Waals surface area contributed by atoms with Crippen LogP contribution in [0.1, 0.15) is 168 Å². The second kappa shape index (κ2) is 25.6. The Morgan fingerprint density at radius 2 is 0.939 bits per heavy atom. The molecule has 4 heteroatoms. The molecule has 0 aromatic heterocycles. The summed E-state index contributed by atoms with van der Waals surface area (Å²) in [5.74, 6) is -1.10. The molecule has 0 amide bonds. The van der Waals surface area contributed by atoms with Crippen molar-refractivity contribution in [3.05, 3.63) is 0 Å². The first-order valence-corrected chi connectivity index (χ1v) is 14.5. The lowest BCUT2D eigenvalue weighted by atomic mass is 10.0. The molecule has 0 saturated carbocycles. The molecule has 0 rings (SSSR count). The van der Waals surface area contributed by atoms with Gasteiger partial charge in [-0.05, 0) is 19.3 Å². The highest BCUT2D eigenvalue weighted by Gasteiger charge is 2.17. The lowest BCUT2D eigenvalue weighted by molar-refractivity contribution is -0.153. The molecule has 0 bridgehead atoms. The first-order valence-electron chi connectivity index (χ1n) is 14.5. The number of carbonyl (C=O) groups is 2. The lowest BCUT2D eigenvalue weighted by Crippen LogP contribution is -2.21. The molecule has 0 aliphatic carbocycles. The van der Waals surface area contributed by atoms with Crippen molar-refractivity contribution in [3.63, 3.8) is 0 Å². The van der Waals surface area contributed by atoms with Crippen LogP contribution in [0.15, 0.2) is 0 Å². The maximum absolute atomic E-state index is 12.2. The molecular weight excluding hydrogens is 412 g/mol. The molecular formula is C29H56O4. The first-order chi connectivity index (χ1) is 16.1. The predicted molar refractivity (Wildman–Crippen MR) is 140 cm³/mol. The van der Waals surface area contributed by atoms with Crippen LogP contribution in [-0.4, -0.2) is 23.1 Å². The van der Waals surface area contributed by atoms with Crippen LogP contribution in [0, 0.1) is 0 Å². The highest BCUT2D eigenvalue weighted by molar-refractivity contribution is 5.71. The van der Waals surface area contributed by atoms with Crippen molar-refractivity contribution in [1.82, 2.24) is 0 Å². The molecule has 1 N–H and O–H groups in total. The topological polar surface area (TPSA) is 63.6 Å². The van der Waals surface area contributed by atoms with E-state index < -0.39 is 12.1 Å². The van der Waals surface area contributed by atoms with Gasteiger partial charge in [0.05, 0.1) is 6.42 Å². The van der Waals surface area contributed by atoms with Crippen molar-refractivity contribution in [2.24, 2.45) is 0 Å². The van der Waals surface area contributed by atoms with Gasteiger partial charge in [-0.25, -0.2) is 0 Å². The van der Waals surface area contributed by atoms with E-state index >= 15 is 0 Å². The largest absolute Gasteiger partial charge is 0.481 e. The van der Waals surface area contributed by atoms with Gasteiger partial charge in [-0.15, -0.1) is 0 Å². The number of carboxylic acid groups (broad SMARTS) is 1. The molecule has 4 nitrogen and oxygen atoms in total. The van der Waals surface area contributed by atoms with Crippen molar-refractivity contribution < 1.29 is 19.4 Å². The summed E-state index contributed by atoms with van der Waals surface area (Å²) in [7, 11) is 0. The number of hydrogen-bond donors (Lipinski definition) is 1. The molecule has 1 unspecified atom stereocenters. The SMILES string of the molecule is CCCCCCCCCCCCCC(CC(=O)O)OC(=O)CCCCCCCCCCCC. The summed E-state index contributed by atoms with van der Waals surface area (Å²) in [5, 5.41) is 9.15. The van der Waals surface area contributed by atoms with E-state index in [-0.39, 0.29) is 12.4 Å². The van der Waals surface area contributed by atoms with E-state index in [0.717, 1.165) is 25.7 Å². The average Bonchev–Trinajstić information content (AvgIpc) is 2.78. The molecule has 0 saturated heterocycles. The molecule has 0 heterocycles. The summed E-state index contributed by atoms with van der Waals surface area (Å²) in [5.41, 5.74) is 0. The maximum Gasteiger partial charge on any atom is 0.307 e. The Bertz CT molecular complexity index is 435. The maximum atomic E-state index is 12.2. The van der Waals surface area contributed by atoms with E-state index in [9.17, 15) is 9.59 Å². The minimum atomic E-state index is -0.880. The summed E-state index contributed by atoms with van der Waals surface area (Å²) in [6, 6.07) is 0. The molecule has 0 fully saturated rings. The Kier molecular flexibility index (Phi) is 24.7. The Morgan fingerprint density at radius 3 is 1.33 bits per heavy atom. The molecule has 0 spiro atoms. The summed E-state index contributed by atoms with van der Waals surface area (Å²) < 4.78 is 5.52. The van der Waals surface area contributed by atoms with Crippen molar-refractivity contribution >= 4 is 11.9 Å². The third kappa shape index (κ3) is 25.4. The van der Waals surface area contributed by atoms with E-state index in [1.54, 1.807) is 0 Å². The molecule has 196 valence electrons. The van der Waals surface area contributed by atoms with Crippen LogP contribution in [0.3, 0.4) is 0 Å². The predicted octanol–water partition coefficient (Wildman–Crippen LogP) is 9.38. The van der Waals surface area contributed by atoms with E-state index in [1.807, 2.05) is 0 Å². The standard InChI is InChI=1S/C29H56O4/c1-3-5-7-9-11-13-15-16-18-20-22-24-27(26-28(30)31)33-29(32)25-23-21-19-17-14-12-10-8-6-4-2/h27H,3-26H2,1-2H3,(H,30,31). The van der Waals surface area contributed by atoms with Crippen LogP contribution in [0.2, 0.25) is 0 Å². The zero-order chi connectivity index (χ0) is 24.4. The highest BCUT2D eigenvalue weighted by Crippen LogP contribution is 2.16. The van der Waals surface area contributed by atoms with Crippen molar-refractivity contribution in [1.29, 1.82) is 0 Å². The monoisotopic (exact) mass is 468 g/mol. The number of esters is 1. The summed E-state index contributed by atoms with van der Waals surface area (Å²) in [4.78, 5) is 23.3. The van der Waals surface area contributed by atoms with E-state index in [2.05, 4.69) is 13.8 Å². The molecule has 0 aliphatic heterocycles. The van der Waals surface area contributed by atoms with Gasteiger partial charge in [0.15, 0.2) is 0 Å². The van der Waals surface area contributed by atoms with Crippen LogP contribution in [0.5, 0.6) is 0 Å². The molecule has 0 aromatic rings. The normalized spacial score (nSPS) is 12.1. The molecule has 0 radical (unpaired) electrons. The first kappa shape index (κ1) is 31.9. The molecule has 0 aliphatic rings. The van der Waals surface area contributed by atoms with Gasteiger partial charge in [0, 0.05) is 6.42 Å². The van der Waals surface area contributed by atoms with Gasteiger partial charge < -0.3 is 9.84 Å². The number of carboxylic acids is 1. The number of ether oxygens (including phenoxy) is 1. The zero-order valence-corrected chi connectivity index (χ0v) is 22.2. The Morgan fingerprint density at radius 1 is 0.576 bits per heavy atom. The molecule has 33 heavy (non-hydrogen) atoms. The van der Waals surface area contributed by atoms with Crippen LogP contribution >= 0.6 is 0 Å². The van der Waals surface area contributed by atoms with Gasteiger partial charge in [-0.2, -0.15) is 0 Å². The van der Waals surface area contributed by atoms with Gasteiger partial charge in [0.1, 0.15) is 6.10 Å². The third-order valence-electron chi connectivity index (χ3n) is 6.56. The number of hydrogen-bond acceptors (Lipinski definition) is 3. The van der Waals surface area contributed by atoms with Gasteiger partial charge in [-0.3, -0.25) is 9.59 Å². The minimum Gasteiger partial charge on any atom is -0.481 e. The van der Waals surface area contributed by atoms with E-state index in [0.29, 0.717) is 12.8 Å². The lowest BCUT2D eigenvalue weighted by Gasteiger charge is -2.16. The quantitative estimate of drug-likeness (QED) is 0.101. The third-order valence-corrected chi connectivity index (χ3v) is 6.56. The van der Waals surface area contributed by atoms with Crippen molar-refractivity contribution in [2.45, 2.75) is 174 Å². The van der Waals surface area contributed by atoms with E-state index in [1.165, 1.54) is 109 Å². The van der Waals surface area contributed by atoms with Crippen molar-refractivity contribution in [2.75, 3.05) is 0 Å². The fourth-order valence-electron chi connectivity index (χ4n) is 4.44. The Balaban J connectivity index is 3.71. The van der Waals surface area contributed by atoms with Crippen molar-refractivity contribution in [3.8, 4) is 0 Å². The second-order valence-corrected chi connectivity index (χ2v) is 9.97. The Labute approximate surface area is 205 Å². The second-order valence-electron chi connectivity index (χ2n) is 9.97. The van der Waals surface area contributed by atoms with Gasteiger partial charge in [0.2, 0.25) is 0 Å². The fourth-order valence-corrected chi connectivity index (χ4v) is 4.44. The Hall–Kier alpha value is -1.06. The van der Waals surface area contributed by atoms with Crippen LogP contribution in [0.4, 0.5) is 0 Å². The smallest absolute Gasteiger partial charge is 0.307 e. The summed E-state index contributed by atoms with van der Waals surface area (Å²) in [6.45, 7) is 4.49. The fraction of sp³-hybridized carbons (Fsp3) is 0.931.